The summed E-state index contributed by atoms with van der Waals surface area (Å²) in [6.07, 6.45) is 5.00. The molecule has 2 nitrogen and oxygen atoms in total. The lowest BCUT2D eigenvalue weighted by Gasteiger charge is -2.13. The van der Waals surface area contributed by atoms with Crippen LogP contribution in [-0.2, 0) is 9.59 Å². The van der Waals surface area contributed by atoms with Gasteiger partial charge >= 0.3 is 0 Å². The zero-order chi connectivity index (χ0) is 16.1. The van der Waals surface area contributed by atoms with Crippen LogP contribution in [0.4, 0.5) is 0 Å². The first-order valence-electron chi connectivity index (χ1n) is 8.13. The van der Waals surface area contributed by atoms with E-state index >= 15 is 0 Å². The summed E-state index contributed by atoms with van der Waals surface area (Å²) in [5.74, 6) is 0.442. The number of Topliss-reactive ketones (excluding diaryl/α,β-unsaturated/α-hetero) is 2. The summed E-state index contributed by atoms with van der Waals surface area (Å²) in [6, 6.07) is 9.83. The third-order valence-corrected chi connectivity index (χ3v) is 3.17. The Morgan fingerprint density at radius 1 is 1.00 bits per heavy atom. The van der Waals surface area contributed by atoms with Crippen LogP contribution in [-0.4, -0.2) is 11.6 Å². The Morgan fingerprint density at radius 3 is 2.05 bits per heavy atom. The lowest BCUT2D eigenvalue weighted by Crippen LogP contribution is -2.09. The Kier molecular flexibility index (Phi) is 11.5. The van der Waals surface area contributed by atoms with Crippen molar-refractivity contribution in [2.24, 2.45) is 0 Å². The number of hydrogen-bond donors (Lipinski definition) is 0. The molecule has 0 N–H and O–H groups in total. The molecule has 0 heterocycles. The van der Waals surface area contributed by atoms with Crippen molar-refractivity contribution in [3.05, 3.63) is 35.9 Å². The number of rotatable bonds is 8. The van der Waals surface area contributed by atoms with Crippen LogP contribution in [0.2, 0.25) is 0 Å². The molecular formula is C19H30O2. The predicted molar refractivity (Wildman–Crippen MR) is 89.6 cm³/mol. The minimum Gasteiger partial charge on any atom is -0.300 e. The van der Waals surface area contributed by atoms with Crippen molar-refractivity contribution in [1.82, 2.24) is 0 Å². The van der Waals surface area contributed by atoms with Gasteiger partial charge in [0, 0.05) is 18.8 Å². The standard InChI is InChI=1S/C16H22O2.C3H8/c1-3-8-15(18)11-7-12-16(13(2)17)14-9-5-4-6-10-14;1-3-2/h4-6,9-10,16H,3,7-8,11-12H2,1-2H3;3H2,1-2H3/t16-;/m1./s1. The first-order valence-corrected chi connectivity index (χ1v) is 8.13. The van der Waals surface area contributed by atoms with E-state index in [1.54, 1.807) is 6.92 Å². The zero-order valence-corrected chi connectivity index (χ0v) is 14.0. The molecule has 0 radical (unpaired) electrons. The van der Waals surface area contributed by atoms with Crippen LogP contribution in [0.1, 0.15) is 77.7 Å². The van der Waals surface area contributed by atoms with E-state index in [4.69, 9.17) is 0 Å². The van der Waals surface area contributed by atoms with Crippen molar-refractivity contribution >= 4 is 11.6 Å². The van der Waals surface area contributed by atoms with E-state index < -0.39 is 0 Å². The van der Waals surface area contributed by atoms with E-state index in [-0.39, 0.29) is 11.7 Å². The highest BCUT2D eigenvalue weighted by molar-refractivity contribution is 5.83. The van der Waals surface area contributed by atoms with Gasteiger partial charge in [-0.05, 0) is 31.7 Å². The van der Waals surface area contributed by atoms with Crippen molar-refractivity contribution in [1.29, 1.82) is 0 Å². The minimum atomic E-state index is -0.0550. The molecule has 2 heteroatoms. The Balaban J connectivity index is 0.00000122. The maximum Gasteiger partial charge on any atom is 0.137 e. The Bertz CT molecular complexity index is 395. The molecule has 0 unspecified atom stereocenters. The third kappa shape index (κ3) is 9.17. The summed E-state index contributed by atoms with van der Waals surface area (Å²) in [6.45, 7) is 7.89. The normalized spacial score (nSPS) is 11.2. The van der Waals surface area contributed by atoms with Crippen LogP contribution in [0.25, 0.3) is 0 Å². The molecule has 0 spiro atoms. The van der Waals surface area contributed by atoms with E-state index in [2.05, 4.69) is 13.8 Å². The second kappa shape index (κ2) is 12.3. The van der Waals surface area contributed by atoms with Crippen molar-refractivity contribution in [3.8, 4) is 0 Å². The van der Waals surface area contributed by atoms with E-state index in [0.717, 1.165) is 24.8 Å². The molecule has 1 aromatic carbocycles. The van der Waals surface area contributed by atoms with Crippen LogP contribution in [0.3, 0.4) is 0 Å². The van der Waals surface area contributed by atoms with Crippen LogP contribution in [0, 0.1) is 0 Å². The van der Waals surface area contributed by atoms with Crippen LogP contribution < -0.4 is 0 Å². The van der Waals surface area contributed by atoms with Crippen LogP contribution in [0.15, 0.2) is 30.3 Å². The molecular weight excluding hydrogens is 260 g/mol. The molecule has 0 fully saturated rings. The van der Waals surface area contributed by atoms with Gasteiger partial charge in [0.25, 0.3) is 0 Å². The minimum absolute atomic E-state index is 0.0550. The second-order valence-electron chi connectivity index (χ2n) is 5.46. The lowest BCUT2D eigenvalue weighted by molar-refractivity contribution is -0.120. The van der Waals surface area contributed by atoms with Gasteiger partial charge in [-0.1, -0.05) is 57.5 Å². The molecule has 1 atom stereocenters. The van der Waals surface area contributed by atoms with Gasteiger partial charge in [-0.3, -0.25) is 9.59 Å². The molecule has 0 amide bonds. The van der Waals surface area contributed by atoms with Crippen LogP contribution >= 0.6 is 0 Å². The number of ketones is 2. The lowest BCUT2D eigenvalue weighted by atomic mass is 9.90. The number of benzene rings is 1. The first kappa shape index (κ1) is 19.6. The van der Waals surface area contributed by atoms with E-state index in [1.165, 1.54) is 6.42 Å². The smallest absolute Gasteiger partial charge is 0.137 e. The van der Waals surface area contributed by atoms with Gasteiger partial charge in [0.15, 0.2) is 0 Å². The quantitative estimate of drug-likeness (QED) is 0.649. The van der Waals surface area contributed by atoms with Gasteiger partial charge in [0.1, 0.15) is 11.6 Å². The topological polar surface area (TPSA) is 34.1 Å². The first-order chi connectivity index (χ1) is 10.1. The van der Waals surface area contributed by atoms with Crippen molar-refractivity contribution in [3.63, 3.8) is 0 Å². The molecule has 0 aliphatic carbocycles. The van der Waals surface area contributed by atoms with E-state index in [0.29, 0.717) is 18.6 Å². The average molecular weight is 290 g/mol. The molecule has 1 aromatic rings. The average Bonchev–Trinajstić information content (AvgIpc) is 2.45. The molecule has 0 saturated carbocycles. The monoisotopic (exact) mass is 290 g/mol. The fourth-order valence-electron chi connectivity index (χ4n) is 2.20. The summed E-state index contributed by atoms with van der Waals surface area (Å²) in [7, 11) is 0. The van der Waals surface area contributed by atoms with Crippen molar-refractivity contribution in [2.75, 3.05) is 0 Å². The zero-order valence-electron chi connectivity index (χ0n) is 14.0. The summed E-state index contributed by atoms with van der Waals surface area (Å²) in [5, 5.41) is 0. The summed E-state index contributed by atoms with van der Waals surface area (Å²) < 4.78 is 0. The van der Waals surface area contributed by atoms with Gasteiger partial charge < -0.3 is 0 Å². The fraction of sp³-hybridized carbons (Fsp3) is 0.579. The highest BCUT2D eigenvalue weighted by Crippen LogP contribution is 2.23. The number of carbonyl (C=O) groups excluding carboxylic acids is 2. The maximum atomic E-state index is 11.7. The van der Waals surface area contributed by atoms with E-state index in [1.807, 2.05) is 37.3 Å². The molecule has 0 saturated heterocycles. The third-order valence-electron chi connectivity index (χ3n) is 3.17. The molecule has 0 aliphatic rings. The second-order valence-corrected chi connectivity index (χ2v) is 5.46. The predicted octanol–water partition coefficient (Wildman–Crippen LogP) is 5.32. The van der Waals surface area contributed by atoms with Gasteiger partial charge in [0.2, 0.25) is 0 Å². The highest BCUT2D eigenvalue weighted by atomic mass is 16.1. The largest absolute Gasteiger partial charge is 0.300 e. The highest BCUT2D eigenvalue weighted by Gasteiger charge is 2.16. The fourth-order valence-corrected chi connectivity index (χ4v) is 2.20. The van der Waals surface area contributed by atoms with Crippen LogP contribution in [0.5, 0.6) is 0 Å². The Morgan fingerprint density at radius 2 is 1.57 bits per heavy atom. The Labute approximate surface area is 130 Å². The molecule has 21 heavy (non-hydrogen) atoms. The molecule has 0 aromatic heterocycles. The van der Waals surface area contributed by atoms with Gasteiger partial charge in [-0.2, -0.15) is 0 Å². The SMILES string of the molecule is CCC.CCCC(=O)CCC[C@H](C(C)=O)c1ccccc1. The Hall–Kier alpha value is -1.44. The molecule has 118 valence electrons. The summed E-state index contributed by atoms with van der Waals surface area (Å²) in [4.78, 5) is 23.1. The van der Waals surface area contributed by atoms with Crippen molar-refractivity contribution < 1.29 is 9.59 Å². The maximum absolute atomic E-state index is 11.7. The summed E-state index contributed by atoms with van der Waals surface area (Å²) >= 11 is 0. The van der Waals surface area contributed by atoms with Gasteiger partial charge in [0.05, 0.1) is 0 Å². The van der Waals surface area contributed by atoms with E-state index in [9.17, 15) is 9.59 Å². The van der Waals surface area contributed by atoms with Gasteiger partial charge in [-0.15, -0.1) is 0 Å². The molecule has 1 rings (SSSR count). The summed E-state index contributed by atoms with van der Waals surface area (Å²) in [5.41, 5.74) is 1.06. The molecule has 0 aliphatic heterocycles. The number of carbonyl (C=O) groups is 2. The van der Waals surface area contributed by atoms with Gasteiger partial charge in [-0.25, -0.2) is 0 Å². The number of hydrogen-bond acceptors (Lipinski definition) is 2. The molecule has 0 bridgehead atoms. The van der Waals surface area contributed by atoms with Crippen molar-refractivity contribution in [2.45, 2.75) is 72.1 Å².